The number of nitrogens with one attached hydrogen (secondary N) is 1. The molecule has 0 radical (unpaired) electrons. The smallest absolute Gasteiger partial charge is 0.289 e. The van der Waals surface area contributed by atoms with Crippen LogP contribution in [0.3, 0.4) is 0 Å². The molecular formula is C12H14N4O3. The second-order valence-electron chi connectivity index (χ2n) is 4.47. The van der Waals surface area contributed by atoms with Gasteiger partial charge in [-0.05, 0) is 19.3 Å². The molecular weight excluding hydrogens is 248 g/mol. The van der Waals surface area contributed by atoms with Crippen LogP contribution in [0.25, 0.3) is 0 Å². The van der Waals surface area contributed by atoms with E-state index in [0.717, 1.165) is 25.5 Å². The van der Waals surface area contributed by atoms with Crippen LogP contribution in [0.4, 0.5) is 11.5 Å². The third-order valence-corrected chi connectivity index (χ3v) is 3.26. The highest BCUT2D eigenvalue weighted by molar-refractivity contribution is 5.56. The van der Waals surface area contributed by atoms with E-state index in [-0.39, 0.29) is 23.4 Å². The molecule has 2 atom stereocenters. The summed E-state index contributed by atoms with van der Waals surface area (Å²) in [6, 6.07) is 3.35. The third kappa shape index (κ3) is 2.98. The van der Waals surface area contributed by atoms with Crippen molar-refractivity contribution in [2.24, 2.45) is 0 Å². The van der Waals surface area contributed by atoms with Crippen LogP contribution >= 0.6 is 0 Å². The second kappa shape index (κ2) is 5.63. The molecule has 1 aliphatic carbocycles. The summed E-state index contributed by atoms with van der Waals surface area (Å²) in [6.07, 6.45) is 4.12. The lowest BCUT2D eigenvalue weighted by molar-refractivity contribution is -0.385. The van der Waals surface area contributed by atoms with Gasteiger partial charge in [0.1, 0.15) is 23.6 Å². The third-order valence-electron chi connectivity index (χ3n) is 3.26. The van der Waals surface area contributed by atoms with E-state index in [9.17, 15) is 10.1 Å². The summed E-state index contributed by atoms with van der Waals surface area (Å²) >= 11 is 0. The van der Waals surface area contributed by atoms with Crippen molar-refractivity contribution < 1.29 is 9.66 Å². The summed E-state index contributed by atoms with van der Waals surface area (Å²) in [6.45, 7) is 0. The van der Waals surface area contributed by atoms with Crippen molar-refractivity contribution >= 4 is 11.5 Å². The Hall–Kier alpha value is -2.20. The summed E-state index contributed by atoms with van der Waals surface area (Å²) in [4.78, 5) is 14.0. The first kappa shape index (κ1) is 13.2. The number of aromatic nitrogens is 1. The van der Waals surface area contributed by atoms with Crippen LogP contribution < -0.4 is 5.32 Å². The van der Waals surface area contributed by atoms with Crippen molar-refractivity contribution in [1.29, 1.82) is 5.26 Å². The molecule has 0 spiro atoms. The second-order valence-corrected chi connectivity index (χ2v) is 4.47. The Labute approximate surface area is 110 Å². The number of methoxy groups -OCH3 is 1. The van der Waals surface area contributed by atoms with E-state index < -0.39 is 4.92 Å². The van der Waals surface area contributed by atoms with Crippen molar-refractivity contribution in [3.8, 4) is 6.07 Å². The predicted octanol–water partition coefficient (Wildman–Crippen LogP) is 1.84. The lowest BCUT2D eigenvalue weighted by Gasteiger charge is -2.14. The molecule has 1 heterocycles. The zero-order valence-corrected chi connectivity index (χ0v) is 10.5. The van der Waals surface area contributed by atoms with E-state index in [1.807, 2.05) is 6.07 Å². The fourth-order valence-electron chi connectivity index (χ4n) is 2.23. The van der Waals surface area contributed by atoms with Crippen molar-refractivity contribution in [3.05, 3.63) is 27.9 Å². The Morgan fingerprint density at radius 2 is 2.42 bits per heavy atom. The van der Waals surface area contributed by atoms with Gasteiger partial charge in [0, 0.05) is 19.2 Å². The zero-order valence-electron chi connectivity index (χ0n) is 10.5. The van der Waals surface area contributed by atoms with Crippen molar-refractivity contribution in [3.63, 3.8) is 0 Å². The number of nitriles is 1. The van der Waals surface area contributed by atoms with Gasteiger partial charge in [-0.2, -0.15) is 5.26 Å². The molecule has 1 fully saturated rings. The lowest BCUT2D eigenvalue weighted by Crippen LogP contribution is -2.18. The summed E-state index contributed by atoms with van der Waals surface area (Å²) in [7, 11) is 1.68. The number of hydrogen-bond acceptors (Lipinski definition) is 6. The molecule has 1 saturated carbocycles. The van der Waals surface area contributed by atoms with Crippen LogP contribution in [0.2, 0.25) is 0 Å². The average molecular weight is 262 g/mol. The standard InChI is InChI=1S/C12H14N4O3/c1-19-11-3-2-9(5-11)15-12-8(6-13)4-10(7-14-12)16(17)18/h4,7,9,11H,2-3,5H2,1H3,(H,14,15). The van der Waals surface area contributed by atoms with Gasteiger partial charge >= 0.3 is 0 Å². The minimum absolute atomic E-state index is 0.178. The quantitative estimate of drug-likeness (QED) is 0.656. The SMILES string of the molecule is COC1CCC(Nc2ncc([N+](=O)[O-])cc2C#N)C1. The number of nitro groups is 1. The van der Waals surface area contributed by atoms with Gasteiger partial charge in [0.15, 0.2) is 0 Å². The molecule has 2 rings (SSSR count). The maximum absolute atomic E-state index is 10.6. The summed E-state index contributed by atoms with van der Waals surface area (Å²) in [5.41, 5.74) is 0.0124. The molecule has 100 valence electrons. The Bertz CT molecular complexity index is 526. The van der Waals surface area contributed by atoms with Crippen LogP contribution in [-0.2, 0) is 4.74 Å². The van der Waals surface area contributed by atoms with Crippen LogP contribution in [-0.4, -0.2) is 29.2 Å². The Kier molecular flexibility index (Phi) is 3.92. The molecule has 2 unspecified atom stereocenters. The van der Waals surface area contributed by atoms with Crippen molar-refractivity contribution in [1.82, 2.24) is 4.98 Å². The zero-order chi connectivity index (χ0) is 13.8. The molecule has 0 amide bonds. The number of pyridine rings is 1. The normalized spacial score (nSPS) is 21.9. The highest BCUT2D eigenvalue weighted by Crippen LogP contribution is 2.26. The minimum atomic E-state index is -0.561. The highest BCUT2D eigenvalue weighted by Gasteiger charge is 2.25. The molecule has 0 saturated heterocycles. The molecule has 0 aliphatic heterocycles. The molecule has 7 heteroatoms. The van der Waals surface area contributed by atoms with Gasteiger partial charge in [-0.15, -0.1) is 0 Å². The van der Waals surface area contributed by atoms with E-state index in [2.05, 4.69) is 10.3 Å². The fourth-order valence-corrected chi connectivity index (χ4v) is 2.23. The summed E-state index contributed by atoms with van der Waals surface area (Å²) in [5.74, 6) is 0.398. The van der Waals surface area contributed by atoms with E-state index in [1.54, 1.807) is 7.11 Å². The van der Waals surface area contributed by atoms with Gasteiger partial charge in [-0.25, -0.2) is 4.98 Å². The number of ether oxygens (including phenoxy) is 1. The van der Waals surface area contributed by atoms with Gasteiger partial charge in [-0.3, -0.25) is 10.1 Å². The van der Waals surface area contributed by atoms with Gasteiger partial charge in [0.05, 0.1) is 11.0 Å². The number of nitrogens with zero attached hydrogens (tertiary/aromatic N) is 3. The molecule has 1 aliphatic rings. The maximum Gasteiger partial charge on any atom is 0.289 e. The highest BCUT2D eigenvalue weighted by atomic mass is 16.6. The molecule has 0 bridgehead atoms. The van der Waals surface area contributed by atoms with Crippen LogP contribution in [0.1, 0.15) is 24.8 Å². The van der Waals surface area contributed by atoms with Gasteiger partial charge < -0.3 is 10.1 Å². The Morgan fingerprint density at radius 3 is 3.00 bits per heavy atom. The van der Waals surface area contributed by atoms with Gasteiger partial charge in [-0.1, -0.05) is 0 Å². The summed E-state index contributed by atoms with van der Waals surface area (Å²) < 4.78 is 5.27. The number of anilines is 1. The van der Waals surface area contributed by atoms with Crippen LogP contribution in [0, 0.1) is 21.4 Å². The van der Waals surface area contributed by atoms with Crippen molar-refractivity contribution in [2.75, 3.05) is 12.4 Å². The van der Waals surface area contributed by atoms with E-state index in [0.29, 0.717) is 5.82 Å². The van der Waals surface area contributed by atoms with E-state index in [4.69, 9.17) is 10.00 Å². The molecule has 19 heavy (non-hydrogen) atoms. The van der Waals surface area contributed by atoms with Crippen LogP contribution in [0.5, 0.6) is 0 Å². The van der Waals surface area contributed by atoms with E-state index >= 15 is 0 Å². The number of hydrogen-bond donors (Lipinski definition) is 1. The first-order valence-electron chi connectivity index (χ1n) is 5.98. The Balaban J connectivity index is 2.13. The predicted molar refractivity (Wildman–Crippen MR) is 67.7 cm³/mol. The maximum atomic E-state index is 10.6. The van der Waals surface area contributed by atoms with Crippen molar-refractivity contribution in [2.45, 2.75) is 31.4 Å². The largest absolute Gasteiger partial charge is 0.381 e. The minimum Gasteiger partial charge on any atom is -0.381 e. The average Bonchev–Trinajstić information content (AvgIpc) is 2.86. The van der Waals surface area contributed by atoms with E-state index in [1.165, 1.54) is 6.07 Å². The molecule has 7 nitrogen and oxygen atoms in total. The first-order valence-corrected chi connectivity index (χ1v) is 5.98. The van der Waals surface area contributed by atoms with Crippen LogP contribution in [0.15, 0.2) is 12.3 Å². The molecule has 1 aromatic rings. The fraction of sp³-hybridized carbons (Fsp3) is 0.500. The summed E-state index contributed by atoms with van der Waals surface area (Å²) in [5, 5.41) is 22.8. The molecule has 0 aromatic carbocycles. The monoisotopic (exact) mass is 262 g/mol. The Morgan fingerprint density at radius 1 is 1.63 bits per heavy atom. The molecule has 1 N–H and O–H groups in total. The van der Waals surface area contributed by atoms with Gasteiger partial charge in [0.25, 0.3) is 5.69 Å². The number of rotatable bonds is 4. The lowest BCUT2D eigenvalue weighted by atomic mass is 10.2. The topological polar surface area (TPSA) is 101 Å². The van der Waals surface area contributed by atoms with Gasteiger partial charge in [0.2, 0.25) is 0 Å². The first-order chi connectivity index (χ1) is 9.13. The molecule has 1 aromatic heterocycles.